The van der Waals surface area contributed by atoms with Crippen LogP contribution in [0, 0.1) is 0 Å². The normalized spacial score (nSPS) is 11.7. The average Bonchev–Trinajstić information content (AvgIpc) is 2.80. The number of benzene rings is 1. The van der Waals surface area contributed by atoms with Gasteiger partial charge in [0.1, 0.15) is 0 Å². The Morgan fingerprint density at radius 2 is 1.75 bits per heavy atom. The summed E-state index contributed by atoms with van der Waals surface area (Å²) in [6.07, 6.45) is 1.18. The molecule has 1 aromatic heterocycles. The van der Waals surface area contributed by atoms with Crippen LogP contribution in [0.3, 0.4) is 0 Å². The van der Waals surface area contributed by atoms with E-state index >= 15 is 0 Å². The van der Waals surface area contributed by atoms with Crippen LogP contribution >= 0.6 is 11.3 Å². The zero-order chi connectivity index (χ0) is 11.6. The van der Waals surface area contributed by atoms with Gasteiger partial charge in [-0.05, 0) is 34.4 Å². The minimum atomic E-state index is 0.303. The molecule has 0 amide bonds. The monoisotopic (exact) mass is 230 g/mol. The van der Waals surface area contributed by atoms with Crippen LogP contribution in [0.15, 0.2) is 41.8 Å². The summed E-state index contributed by atoms with van der Waals surface area (Å²) in [4.78, 5) is 1.48. The predicted octanol–water partition coefficient (Wildman–Crippen LogP) is 5.10. The van der Waals surface area contributed by atoms with Crippen molar-refractivity contribution >= 4 is 11.3 Å². The molecule has 0 saturated heterocycles. The Labute approximate surface area is 102 Å². The molecule has 1 heterocycles. The first-order valence-corrected chi connectivity index (χ1v) is 6.66. The Balaban J connectivity index is 2.34. The third-order valence-electron chi connectivity index (χ3n) is 3.26. The van der Waals surface area contributed by atoms with Crippen molar-refractivity contribution in [2.75, 3.05) is 0 Å². The van der Waals surface area contributed by atoms with Crippen molar-refractivity contribution in [3.8, 4) is 11.1 Å². The second-order valence-electron chi connectivity index (χ2n) is 4.80. The van der Waals surface area contributed by atoms with Gasteiger partial charge in [0, 0.05) is 4.88 Å². The lowest BCUT2D eigenvalue weighted by molar-refractivity contribution is 0.517. The first-order chi connectivity index (χ1) is 7.63. The molecule has 0 radical (unpaired) electrons. The van der Waals surface area contributed by atoms with Crippen LogP contribution in [0.2, 0.25) is 0 Å². The molecule has 1 heteroatoms. The van der Waals surface area contributed by atoms with Gasteiger partial charge in [0.25, 0.3) is 0 Å². The van der Waals surface area contributed by atoms with Crippen LogP contribution in [0.25, 0.3) is 11.1 Å². The molecule has 0 bridgehead atoms. The lowest BCUT2D eigenvalue weighted by atomic mass is 9.88. The fourth-order valence-electron chi connectivity index (χ4n) is 1.65. The van der Waals surface area contributed by atoms with Gasteiger partial charge < -0.3 is 0 Å². The highest BCUT2D eigenvalue weighted by Crippen LogP contribution is 2.35. The summed E-state index contributed by atoms with van der Waals surface area (Å²) < 4.78 is 0. The van der Waals surface area contributed by atoms with Gasteiger partial charge in [-0.2, -0.15) is 0 Å². The van der Waals surface area contributed by atoms with Crippen molar-refractivity contribution in [2.45, 2.75) is 32.6 Å². The van der Waals surface area contributed by atoms with Gasteiger partial charge in [-0.25, -0.2) is 0 Å². The van der Waals surface area contributed by atoms with Crippen molar-refractivity contribution in [1.29, 1.82) is 0 Å². The van der Waals surface area contributed by atoms with Crippen molar-refractivity contribution in [2.24, 2.45) is 0 Å². The summed E-state index contributed by atoms with van der Waals surface area (Å²) in [7, 11) is 0. The third-order valence-corrected chi connectivity index (χ3v) is 4.55. The van der Waals surface area contributed by atoms with E-state index in [0.717, 1.165) is 0 Å². The van der Waals surface area contributed by atoms with Crippen molar-refractivity contribution in [3.63, 3.8) is 0 Å². The maximum Gasteiger partial charge on any atom is 0.0108 e. The molecular formula is C15H18S. The molecule has 2 rings (SSSR count). The van der Waals surface area contributed by atoms with Gasteiger partial charge in [-0.3, -0.25) is 0 Å². The molecule has 0 saturated carbocycles. The highest BCUT2D eigenvalue weighted by molar-refractivity contribution is 7.10. The summed E-state index contributed by atoms with van der Waals surface area (Å²) in [5.74, 6) is 0. The van der Waals surface area contributed by atoms with E-state index in [9.17, 15) is 0 Å². The van der Waals surface area contributed by atoms with E-state index in [1.54, 1.807) is 0 Å². The van der Waals surface area contributed by atoms with Crippen LogP contribution in [0.4, 0.5) is 0 Å². The quantitative estimate of drug-likeness (QED) is 0.688. The number of thiophene rings is 1. The largest absolute Gasteiger partial charge is 0.148 e. The molecule has 2 aromatic rings. The fraction of sp³-hybridized carbons (Fsp3) is 0.333. The van der Waals surface area contributed by atoms with E-state index in [1.165, 1.54) is 22.4 Å². The summed E-state index contributed by atoms with van der Waals surface area (Å²) in [5.41, 5.74) is 2.97. The third kappa shape index (κ3) is 2.19. The average molecular weight is 230 g/mol. The van der Waals surface area contributed by atoms with Crippen molar-refractivity contribution in [1.82, 2.24) is 0 Å². The van der Waals surface area contributed by atoms with Crippen molar-refractivity contribution < 1.29 is 0 Å². The van der Waals surface area contributed by atoms with Gasteiger partial charge in [-0.1, -0.05) is 51.1 Å². The van der Waals surface area contributed by atoms with Gasteiger partial charge in [-0.15, -0.1) is 11.3 Å². The molecule has 0 atom stereocenters. The Morgan fingerprint density at radius 1 is 1.06 bits per heavy atom. The first-order valence-electron chi connectivity index (χ1n) is 5.78. The number of rotatable bonds is 3. The lowest BCUT2D eigenvalue weighted by Gasteiger charge is -2.20. The predicted molar refractivity (Wildman–Crippen MR) is 73.1 cm³/mol. The zero-order valence-electron chi connectivity index (χ0n) is 10.2. The zero-order valence-corrected chi connectivity index (χ0v) is 11.0. The van der Waals surface area contributed by atoms with Crippen LogP contribution in [0.5, 0.6) is 0 Å². The summed E-state index contributed by atoms with van der Waals surface area (Å²) >= 11 is 1.88. The van der Waals surface area contributed by atoms with Gasteiger partial charge in [0.15, 0.2) is 0 Å². The van der Waals surface area contributed by atoms with Gasteiger partial charge >= 0.3 is 0 Å². The molecule has 0 spiro atoms. The highest BCUT2D eigenvalue weighted by Gasteiger charge is 2.20. The van der Waals surface area contributed by atoms with Crippen LogP contribution in [-0.4, -0.2) is 0 Å². The Bertz CT molecular complexity index is 451. The Hall–Kier alpha value is -1.08. The highest BCUT2D eigenvalue weighted by atomic mass is 32.1. The number of hydrogen-bond acceptors (Lipinski definition) is 1. The molecule has 0 unspecified atom stereocenters. The molecule has 0 nitrogen and oxygen atoms in total. The molecule has 1 aromatic carbocycles. The molecule has 0 fully saturated rings. The fourth-order valence-corrected chi connectivity index (χ4v) is 2.76. The van der Waals surface area contributed by atoms with Crippen molar-refractivity contribution in [3.05, 3.63) is 46.7 Å². The van der Waals surface area contributed by atoms with Crippen LogP contribution < -0.4 is 0 Å². The Morgan fingerprint density at radius 3 is 2.38 bits per heavy atom. The topological polar surface area (TPSA) is 0 Å². The second-order valence-corrected chi connectivity index (χ2v) is 5.71. The molecule has 0 aliphatic rings. The van der Waals surface area contributed by atoms with Crippen LogP contribution in [0.1, 0.15) is 32.1 Å². The standard InChI is InChI=1S/C15H18S/c1-4-15(2,3)14-10-13(11-16-14)12-8-6-5-7-9-12/h5-11H,4H2,1-3H3. The lowest BCUT2D eigenvalue weighted by Crippen LogP contribution is -2.12. The summed E-state index contributed by atoms with van der Waals surface area (Å²) in [6.45, 7) is 6.88. The van der Waals surface area contributed by atoms with Crippen LogP contribution in [-0.2, 0) is 5.41 Å². The van der Waals surface area contributed by atoms with Gasteiger partial charge in [0.2, 0.25) is 0 Å². The maximum absolute atomic E-state index is 2.34. The van der Waals surface area contributed by atoms with E-state index < -0.39 is 0 Å². The second kappa shape index (κ2) is 4.42. The van der Waals surface area contributed by atoms with E-state index in [2.05, 4.69) is 62.5 Å². The molecule has 0 aliphatic carbocycles. The minimum Gasteiger partial charge on any atom is -0.148 e. The van der Waals surface area contributed by atoms with E-state index in [4.69, 9.17) is 0 Å². The summed E-state index contributed by atoms with van der Waals surface area (Å²) in [5, 5.41) is 2.27. The Kier molecular flexibility index (Phi) is 3.15. The van der Waals surface area contributed by atoms with E-state index in [1.807, 2.05) is 11.3 Å². The van der Waals surface area contributed by atoms with E-state index in [0.29, 0.717) is 5.41 Å². The van der Waals surface area contributed by atoms with E-state index in [-0.39, 0.29) is 0 Å². The SMILES string of the molecule is CCC(C)(C)c1cc(-c2ccccc2)cs1. The molecule has 84 valence electrons. The first kappa shape index (κ1) is 11.4. The molecule has 0 N–H and O–H groups in total. The smallest absolute Gasteiger partial charge is 0.0108 e. The minimum absolute atomic E-state index is 0.303. The summed E-state index contributed by atoms with van der Waals surface area (Å²) in [6, 6.07) is 12.9. The number of hydrogen-bond donors (Lipinski definition) is 0. The molecule has 16 heavy (non-hydrogen) atoms. The molecular weight excluding hydrogens is 212 g/mol. The maximum atomic E-state index is 2.34. The molecule has 0 aliphatic heterocycles. The van der Waals surface area contributed by atoms with Gasteiger partial charge in [0.05, 0.1) is 0 Å².